The van der Waals surface area contributed by atoms with Gasteiger partial charge in [-0.05, 0) is 22.9 Å². The number of benzene rings is 1. The highest BCUT2D eigenvalue weighted by atomic mass is 79.9. The minimum atomic E-state index is 0.726. The van der Waals surface area contributed by atoms with E-state index in [1.165, 1.54) is 0 Å². The number of hydrogen-bond acceptors (Lipinski definition) is 2. The number of hydrogen-bond donors (Lipinski definition) is 0. The van der Waals surface area contributed by atoms with Crippen LogP contribution >= 0.6 is 15.9 Å². The monoisotopic (exact) mass is 287 g/mol. The molecule has 0 saturated heterocycles. The van der Waals surface area contributed by atoms with E-state index in [0.717, 1.165) is 27.2 Å². The molecule has 0 saturated carbocycles. The van der Waals surface area contributed by atoms with Crippen molar-refractivity contribution in [2.75, 3.05) is 0 Å². The van der Waals surface area contributed by atoms with Crippen molar-refractivity contribution in [3.05, 3.63) is 52.9 Å². The summed E-state index contributed by atoms with van der Waals surface area (Å²) in [6, 6.07) is 10.2. The summed E-state index contributed by atoms with van der Waals surface area (Å²) in [6.45, 7) is 2.00. The Hall–Kier alpha value is -1.68. The van der Waals surface area contributed by atoms with Gasteiger partial charge in [0.1, 0.15) is 0 Å². The first-order valence-electron chi connectivity index (χ1n) is 5.31. The highest BCUT2D eigenvalue weighted by Gasteiger charge is 2.11. The molecule has 0 radical (unpaired) electrons. The van der Waals surface area contributed by atoms with E-state index in [0.29, 0.717) is 0 Å². The molecule has 1 aromatic carbocycles. The number of halogens is 1. The molecular weight excluding hydrogens is 278 g/mol. The average Bonchev–Trinajstić information content (AvgIpc) is 2.65. The largest absolute Gasteiger partial charge is 0.282 e. The summed E-state index contributed by atoms with van der Waals surface area (Å²) in [5.74, 6) is 0.726. The molecule has 0 N–H and O–H groups in total. The third kappa shape index (κ3) is 1.74. The molecule has 17 heavy (non-hydrogen) atoms. The Kier molecular flexibility index (Phi) is 2.44. The van der Waals surface area contributed by atoms with Crippen LogP contribution in [0, 0.1) is 6.92 Å². The van der Waals surface area contributed by atoms with Crippen LogP contribution in [0.5, 0.6) is 0 Å². The fraction of sp³-hybridized carbons (Fsp3) is 0.0769. The van der Waals surface area contributed by atoms with Gasteiger partial charge in [-0.25, -0.2) is 9.97 Å². The molecule has 3 rings (SSSR count). The topological polar surface area (TPSA) is 30.2 Å². The molecule has 0 aliphatic rings. The number of aryl methyl sites for hydroxylation is 1. The van der Waals surface area contributed by atoms with Gasteiger partial charge in [0, 0.05) is 18.0 Å². The molecule has 84 valence electrons. The number of rotatable bonds is 1. The lowest BCUT2D eigenvalue weighted by Crippen LogP contribution is -1.91. The third-order valence-corrected chi connectivity index (χ3v) is 3.08. The molecule has 2 aromatic heterocycles. The summed E-state index contributed by atoms with van der Waals surface area (Å²) in [7, 11) is 0. The molecule has 3 aromatic rings. The summed E-state index contributed by atoms with van der Waals surface area (Å²) in [4.78, 5) is 8.75. The lowest BCUT2D eigenvalue weighted by molar-refractivity contribution is 1.10. The molecule has 0 aliphatic heterocycles. The maximum Gasteiger partial charge on any atom is 0.234 e. The van der Waals surface area contributed by atoms with E-state index in [4.69, 9.17) is 0 Å². The van der Waals surface area contributed by atoms with Gasteiger partial charge in [-0.15, -0.1) is 0 Å². The van der Waals surface area contributed by atoms with Gasteiger partial charge in [-0.1, -0.05) is 30.3 Å². The van der Waals surface area contributed by atoms with E-state index in [-0.39, 0.29) is 0 Å². The van der Waals surface area contributed by atoms with Gasteiger partial charge < -0.3 is 0 Å². The molecule has 2 heterocycles. The molecule has 0 atom stereocenters. The summed E-state index contributed by atoms with van der Waals surface area (Å²) in [6.07, 6.45) is 3.75. The van der Waals surface area contributed by atoms with Crippen LogP contribution in [0.15, 0.2) is 47.2 Å². The van der Waals surface area contributed by atoms with E-state index in [1.54, 1.807) is 6.20 Å². The molecular formula is C13H10BrN3. The predicted octanol–water partition coefficient (Wildman–Crippen LogP) is 3.47. The van der Waals surface area contributed by atoms with Gasteiger partial charge in [0.25, 0.3) is 0 Å². The number of aromatic nitrogens is 3. The van der Waals surface area contributed by atoms with Gasteiger partial charge in [-0.3, -0.25) is 4.40 Å². The van der Waals surface area contributed by atoms with Crippen molar-refractivity contribution in [1.29, 1.82) is 0 Å². The second kappa shape index (κ2) is 3.96. The highest BCUT2D eigenvalue weighted by Crippen LogP contribution is 2.24. The van der Waals surface area contributed by atoms with Gasteiger partial charge in [-0.2, -0.15) is 0 Å². The fourth-order valence-electron chi connectivity index (χ4n) is 1.96. The van der Waals surface area contributed by atoms with Crippen molar-refractivity contribution in [1.82, 2.24) is 14.4 Å². The minimum Gasteiger partial charge on any atom is -0.282 e. The first kappa shape index (κ1) is 10.5. The molecule has 0 aliphatic carbocycles. The van der Waals surface area contributed by atoms with E-state index >= 15 is 0 Å². The molecule has 0 spiro atoms. The van der Waals surface area contributed by atoms with Crippen LogP contribution in [-0.2, 0) is 0 Å². The molecule has 0 unspecified atom stereocenters. The molecule has 4 heteroatoms. The first-order valence-corrected chi connectivity index (χ1v) is 6.10. The standard InChI is InChI=1S/C13H10BrN3/c1-9-12(10-5-3-2-4-6-10)17-8-11(14)7-15-13(17)16-9/h2-8H,1H3. The van der Waals surface area contributed by atoms with Gasteiger partial charge in [0.05, 0.1) is 15.9 Å². The van der Waals surface area contributed by atoms with Crippen molar-refractivity contribution in [2.24, 2.45) is 0 Å². The summed E-state index contributed by atoms with van der Waals surface area (Å²) < 4.78 is 2.95. The zero-order valence-corrected chi connectivity index (χ0v) is 10.8. The zero-order valence-electron chi connectivity index (χ0n) is 9.26. The quantitative estimate of drug-likeness (QED) is 0.686. The third-order valence-electron chi connectivity index (χ3n) is 2.67. The Bertz CT molecular complexity index is 674. The first-order chi connectivity index (χ1) is 8.25. The van der Waals surface area contributed by atoms with E-state index < -0.39 is 0 Å². The zero-order chi connectivity index (χ0) is 11.8. The smallest absolute Gasteiger partial charge is 0.234 e. The Morgan fingerprint density at radius 3 is 2.71 bits per heavy atom. The SMILES string of the molecule is Cc1nc2ncc(Br)cn2c1-c1ccccc1. The van der Waals surface area contributed by atoms with E-state index in [1.807, 2.05) is 35.7 Å². The molecule has 3 nitrogen and oxygen atoms in total. The predicted molar refractivity (Wildman–Crippen MR) is 70.9 cm³/mol. The highest BCUT2D eigenvalue weighted by molar-refractivity contribution is 9.10. The lowest BCUT2D eigenvalue weighted by atomic mass is 10.1. The van der Waals surface area contributed by atoms with Gasteiger partial charge >= 0.3 is 0 Å². The van der Waals surface area contributed by atoms with Crippen LogP contribution in [0.1, 0.15) is 5.69 Å². The minimum absolute atomic E-state index is 0.726. The maximum absolute atomic E-state index is 4.46. The van der Waals surface area contributed by atoms with Crippen LogP contribution in [0.25, 0.3) is 17.0 Å². The van der Waals surface area contributed by atoms with E-state index in [2.05, 4.69) is 38.0 Å². The second-order valence-electron chi connectivity index (χ2n) is 3.85. The van der Waals surface area contributed by atoms with Crippen LogP contribution in [0.4, 0.5) is 0 Å². The van der Waals surface area contributed by atoms with Crippen molar-refractivity contribution in [3.63, 3.8) is 0 Å². The van der Waals surface area contributed by atoms with Crippen LogP contribution in [0.2, 0.25) is 0 Å². The Morgan fingerprint density at radius 1 is 1.18 bits per heavy atom. The Balaban J connectivity index is 2.35. The number of nitrogens with zero attached hydrogens (tertiary/aromatic N) is 3. The second-order valence-corrected chi connectivity index (χ2v) is 4.77. The normalized spacial score (nSPS) is 10.9. The molecule has 0 amide bonds. The number of imidazole rings is 1. The Labute approximate surface area is 107 Å². The van der Waals surface area contributed by atoms with Gasteiger partial charge in [0.2, 0.25) is 5.78 Å². The van der Waals surface area contributed by atoms with Crippen LogP contribution < -0.4 is 0 Å². The molecule has 0 fully saturated rings. The fourth-order valence-corrected chi connectivity index (χ4v) is 2.27. The molecule has 0 bridgehead atoms. The lowest BCUT2D eigenvalue weighted by Gasteiger charge is -2.02. The summed E-state index contributed by atoms with van der Waals surface area (Å²) >= 11 is 3.44. The summed E-state index contributed by atoms with van der Waals surface area (Å²) in [5, 5.41) is 0. The van der Waals surface area contributed by atoms with Crippen molar-refractivity contribution >= 4 is 21.7 Å². The van der Waals surface area contributed by atoms with Crippen molar-refractivity contribution in [3.8, 4) is 11.3 Å². The average molecular weight is 288 g/mol. The van der Waals surface area contributed by atoms with Crippen LogP contribution in [0.3, 0.4) is 0 Å². The van der Waals surface area contributed by atoms with Gasteiger partial charge in [0.15, 0.2) is 0 Å². The Morgan fingerprint density at radius 2 is 1.94 bits per heavy atom. The van der Waals surface area contributed by atoms with Crippen LogP contribution in [-0.4, -0.2) is 14.4 Å². The maximum atomic E-state index is 4.46. The summed E-state index contributed by atoms with van der Waals surface area (Å²) in [5.41, 5.74) is 3.23. The van der Waals surface area contributed by atoms with Crippen molar-refractivity contribution in [2.45, 2.75) is 6.92 Å². The van der Waals surface area contributed by atoms with Crippen molar-refractivity contribution < 1.29 is 0 Å². The number of fused-ring (bicyclic) bond motifs is 1. The van der Waals surface area contributed by atoms with E-state index in [9.17, 15) is 0 Å².